The molecule has 0 saturated carbocycles. The van der Waals surface area contributed by atoms with Gasteiger partial charge in [0.2, 0.25) is 5.91 Å². The van der Waals surface area contributed by atoms with Crippen LogP contribution < -0.4 is 16.0 Å². The van der Waals surface area contributed by atoms with E-state index >= 15 is 0 Å². The van der Waals surface area contributed by atoms with Gasteiger partial charge in [-0.2, -0.15) is 0 Å². The van der Waals surface area contributed by atoms with Crippen LogP contribution in [0.2, 0.25) is 0 Å². The van der Waals surface area contributed by atoms with Gasteiger partial charge in [0.15, 0.2) is 0 Å². The van der Waals surface area contributed by atoms with Gasteiger partial charge in [0.05, 0.1) is 13.2 Å². The minimum atomic E-state index is 0.0207. The molecule has 110 valence electrons. The predicted molar refractivity (Wildman–Crippen MR) is 79.7 cm³/mol. The van der Waals surface area contributed by atoms with Gasteiger partial charge in [0.1, 0.15) is 0 Å². The number of para-hydroxylation sites is 1. The molecule has 5 nitrogen and oxygen atoms in total. The quantitative estimate of drug-likeness (QED) is 0.789. The summed E-state index contributed by atoms with van der Waals surface area (Å²) in [5.41, 5.74) is 8.41. The zero-order valence-electron chi connectivity index (χ0n) is 12.0. The van der Waals surface area contributed by atoms with E-state index in [-0.39, 0.29) is 11.9 Å². The number of fused-ring (bicyclic) bond motifs is 1. The number of ether oxygens (including phenoxy) is 1. The Morgan fingerprint density at radius 3 is 3.10 bits per heavy atom. The summed E-state index contributed by atoms with van der Waals surface area (Å²) in [7, 11) is 1.62. The molecule has 0 spiro atoms. The van der Waals surface area contributed by atoms with Crippen molar-refractivity contribution in [1.29, 1.82) is 0 Å². The third kappa shape index (κ3) is 3.71. The summed E-state index contributed by atoms with van der Waals surface area (Å²) < 4.78 is 4.93. The highest BCUT2D eigenvalue weighted by Crippen LogP contribution is 2.30. The van der Waals surface area contributed by atoms with Crippen molar-refractivity contribution in [3.05, 3.63) is 29.8 Å². The first kappa shape index (κ1) is 14.8. The second-order valence-electron chi connectivity index (χ2n) is 5.07. The number of methoxy groups -OCH3 is 1. The fraction of sp³-hybridized carbons (Fsp3) is 0.533. The molecule has 0 bridgehead atoms. The monoisotopic (exact) mass is 277 g/mol. The molecule has 1 aromatic carbocycles. The smallest absolute Gasteiger partial charge is 0.239 e. The summed E-state index contributed by atoms with van der Waals surface area (Å²) in [6, 6.07) is 8.16. The lowest BCUT2D eigenvalue weighted by Gasteiger charge is -2.24. The lowest BCUT2D eigenvalue weighted by molar-refractivity contribution is -0.119. The standard InChI is InChI=1S/C15H23N3O2/c1-20-10-8-17-15(19)11-18-9-4-6-13(16)12-5-2-3-7-14(12)18/h2-3,5,7,13H,4,6,8-11,16H2,1H3,(H,17,19). The van der Waals surface area contributed by atoms with Crippen LogP contribution in [0.5, 0.6) is 0 Å². The second kappa shape index (κ2) is 7.26. The summed E-state index contributed by atoms with van der Waals surface area (Å²) in [5.74, 6) is 0.0207. The molecule has 0 aromatic heterocycles. The van der Waals surface area contributed by atoms with Crippen LogP contribution in [0.3, 0.4) is 0 Å². The molecule has 0 aliphatic carbocycles. The maximum Gasteiger partial charge on any atom is 0.239 e. The molecule has 1 aliphatic heterocycles. The van der Waals surface area contributed by atoms with Gasteiger partial charge in [0, 0.05) is 31.9 Å². The maximum absolute atomic E-state index is 12.0. The number of hydrogen-bond acceptors (Lipinski definition) is 4. The highest BCUT2D eigenvalue weighted by Gasteiger charge is 2.21. The minimum absolute atomic E-state index is 0.0207. The number of rotatable bonds is 5. The van der Waals surface area contributed by atoms with Crippen LogP contribution in [-0.2, 0) is 9.53 Å². The molecular weight excluding hydrogens is 254 g/mol. The molecule has 2 rings (SSSR count). The van der Waals surface area contributed by atoms with Crippen LogP contribution in [0.15, 0.2) is 24.3 Å². The molecule has 1 heterocycles. The number of nitrogens with one attached hydrogen (secondary N) is 1. The predicted octanol–water partition coefficient (Wildman–Crippen LogP) is 1.05. The summed E-state index contributed by atoms with van der Waals surface area (Å²) in [6.07, 6.45) is 1.96. The summed E-state index contributed by atoms with van der Waals surface area (Å²) in [6.45, 7) is 2.31. The number of amides is 1. The van der Waals surface area contributed by atoms with Gasteiger partial charge in [-0.05, 0) is 24.5 Å². The van der Waals surface area contributed by atoms with E-state index in [2.05, 4.69) is 16.3 Å². The van der Waals surface area contributed by atoms with Crippen molar-refractivity contribution in [2.75, 3.05) is 38.3 Å². The minimum Gasteiger partial charge on any atom is -0.383 e. The van der Waals surface area contributed by atoms with Crippen molar-refractivity contribution in [3.63, 3.8) is 0 Å². The van der Waals surface area contributed by atoms with Crippen LogP contribution in [0, 0.1) is 0 Å². The van der Waals surface area contributed by atoms with E-state index in [0.717, 1.165) is 30.6 Å². The first-order chi connectivity index (χ1) is 9.72. The van der Waals surface area contributed by atoms with Crippen molar-refractivity contribution in [3.8, 4) is 0 Å². The highest BCUT2D eigenvalue weighted by molar-refractivity contribution is 5.81. The van der Waals surface area contributed by atoms with E-state index in [1.807, 2.05) is 18.2 Å². The molecule has 1 aliphatic rings. The van der Waals surface area contributed by atoms with Crippen LogP contribution in [0.25, 0.3) is 0 Å². The van der Waals surface area contributed by atoms with Gasteiger partial charge < -0.3 is 20.7 Å². The van der Waals surface area contributed by atoms with Gasteiger partial charge in [-0.15, -0.1) is 0 Å². The Morgan fingerprint density at radius 1 is 1.50 bits per heavy atom. The molecule has 0 saturated heterocycles. The second-order valence-corrected chi connectivity index (χ2v) is 5.07. The largest absolute Gasteiger partial charge is 0.383 e. The highest BCUT2D eigenvalue weighted by atomic mass is 16.5. The number of nitrogens with two attached hydrogens (primary N) is 1. The molecule has 1 atom stereocenters. The number of hydrogen-bond donors (Lipinski definition) is 2. The van der Waals surface area contributed by atoms with Crippen molar-refractivity contribution < 1.29 is 9.53 Å². The van der Waals surface area contributed by atoms with E-state index < -0.39 is 0 Å². The number of nitrogens with zero attached hydrogens (tertiary/aromatic N) is 1. The molecule has 0 radical (unpaired) electrons. The lowest BCUT2D eigenvalue weighted by Crippen LogP contribution is -2.39. The Hall–Kier alpha value is -1.59. The molecule has 5 heteroatoms. The summed E-state index contributed by atoms with van der Waals surface area (Å²) >= 11 is 0. The first-order valence-electron chi connectivity index (χ1n) is 7.07. The number of carbonyl (C=O) groups is 1. The Kier molecular flexibility index (Phi) is 5.38. The zero-order valence-corrected chi connectivity index (χ0v) is 12.0. The van der Waals surface area contributed by atoms with Crippen molar-refractivity contribution in [2.45, 2.75) is 18.9 Å². The van der Waals surface area contributed by atoms with Gasteiger partial charge in [-0.3, -0.25) is 4.79 Å². The zero-order chi connectivity index (χ0) is 14.4. The Bertz CT molecular complexity index is 450. The summed E-state index contributed by atoms with van der Waals surface area (Å²) in [5, 5.41) is 2.86. The van der Waals surface area contributed by atoms with Gasteiger partial charge >= 0.3 is 0 Å². The average Bonchev–Trinajstić information content (AvgIpc) is 2.60. The fourth-order valence-corrected chi connectivity index (χ4v) is 2.55. The molecule has 20 heavy (non-hydrogen) atoms. The van der Waals surface area contributed by atoms with E-state index in [1.54, 1.807) is 7.11 Å². The third-order valence-electron chi connectivity index (χ3n) is 3.58. The number of carbonyl (C=O) groups excluding carboxylic acids is 1. The van der Waals surface area contributed by atoms with Crippen molar-refractivity contribution in [2.24, 2.45) is 5.73 Å². The van der Waals surface area contributed by atoms with E-state index in [0.29, 0.717) is 19.7 Å². The number of benzene rings is 1. The van der Waals surface area contributed by atoms with Crippen LogP contribution in [0.4, 0.5) is 5.69 Å². The maximum atomic E-state index is 12.0. The first-order valence-corrected chi connectivity index (χ1v) is 7.07. The van der Waals surface area contributed by atoms with Gasteiger partial charge in [-0.25, -0.2) is 0 Å². The Balaban J connectivity index is 2.04. The van der Waals surface area contributed by atoms with Crippen LogP contribution >= 0.6 is 0 Å². The SMILES string of the molecule is COCCNC(=O)CN1CCCC(N)c2ccccc21. The third-order valence-corrected chi connectivity index (χ3v) is 3.58. The van der Waals surface area contributed by atoms with Crippen molar-refractivity contribution >= 4 is 11.6 Å². The molecule has 3 N–H and O–H groups in total. The molecule has 1 unspecified atom stereocenters. The normalized spacial score (nSPS) is 18.3. The number of anilines is 1. The Morgan fingerprint density at radius 2 is 2.30 bits per heavy atom. The molecule has 1 aromatic rings. The average molecular weight is 277 g/mol. The van der Waals surface area contributed by atoms with Crippen molar-refractivity contribution in [1.82, 2.24) is 5.32 Å². The topological polar surface area (TPSA) is 67.6 Å². The lowest BCUT2D eigenvalue weighted by atomic mass is 10.0. The van der Waals surface area contributed by atoms with E-state index in [4.69, 9.17) is 10.5 Å². The van der Waals surface area contributed by atoms with Gasteiger partial charge in [-0.1, -0.05) is 18.2 Å². The molecule has 1 amide bonds. The Labute approximate surface area is 120 Å². The van der Waals surface area contributed by atoms with E-state index in [9.17, 15) is 4.79 Å². The van der Waals surface area contributed by atoms with E-state index in [1.165, 1.54) is 0 Å². The van der Waals surface area contributed by atoms with Crippen LogP contribution in [0.1, 0.15) is 24.4 Å². The molecular formula is C15H23N3O2. The summed E-state index contributed by atoms with van der Waals surface area (Å²) in [4.78, 5) is 14.1. The van der Waals surface area contributed by atoms with Gasteiger partial charge in [0.25, 0.3) is 0 Å². The fourth-order valence-electron chi connectivity index (χ4n) is 2.55. The van der Waals surface area contributed by atoms with Crippen LogP contribution in [-0.4, -0.2) is 39.3 Å². The molecule has 0 fully saturated rings.